The van der Waals surface area contributed by atoms with Crippen LogP contribution < -0.4 is 10.6 Å². The van der Waals surface area contributed by atoms with Crippen molar-refractivity contribution in [3.63, 3.8) is 0 Å². The minimum atomic E-state index is -0.353. The average molecular weight is 444 g/mol. The molecule has 0 bridgehead atoms. The van der Waals surface area contributed by atoms with Crippen LogP contribution in [0, 0.1) is 0 Å². The molecule has 12 heteroatoms. The monoisotopic (exact) mass is 444 g/mol. The second-order valence-electron chi connectivity index (χ2n) is 6.07. The lowest BCUT2D eigenvalue weighted by molar-refractivity contribution is 0.0989. The zero-order chi connectivity index (χ0) is 20.8. The smallest absolute Gasteiger partial charge is 0.293 e. The summed E-state index contributed by atoms with van der Waals surface area (Å²) in [5.74, 6) is -0.255. The van der Waals surface area contributed by atoms with Crippen molar-refractivity contribution in [1.82, 2.24) is 20.4 Å². The molecular weight excluding hydrogens is 428 g/mol. The molecule has 0 aromatic carbocycles. The molecule has 4 heterocycles. The molecule has 0 aliphatic rings. The summed E-state index contributed by atoms with van der Waals surface area (Å²) in [5.41, 5.74) is 0. The molecule has 154 valence electrons. The van der Waals surface area contributed by atoms with E-state index in [1.165, 1.54) is 35.2 Å². The van der Waals surface area contributed by atoms with Gasteiger partial charge in [0.25, 0.3) is 11.8 Å². The molecule has 0 radical (unpaired) electrons. The second kappa shape index (κ2) is 9.41. The van der Waals surface area contributed by atoms with Crippen LogP contribution in [-0.4, -0.2) is 32.2 Å². The molecule has 4 rings (SSSR count). The number of carbonyl (C=O) groups excluding carboxylic acids is 2. The van der Waals surface area contributed by atoms with E-state index in [9.17, 15) is 9.59 Å². The molecule has 30 heavy (non-hydrogen) atoms. The van der Waals surface area contributed by atoms with Gasteiger partial charge in [0.2, 0.25) is 10.3 Å². The van der Waals surface area contributed by atoms with E-state index in [0.29, 0.717) is 10.3 Å². The Morgan fingerprint density at radius 2 is 1.23 bits per heavy atom. The first-order chi connectivity index (χ1) is 14.7. The Balaban J connectivity index is 1.19. The number of nitrogens with one attached hydrogen (secondary N) is 2. The lowest BCUT2D eigenvalue weighted by atomic mass is 10.2. The first-order valence-corrected chi connectivity index (χ1v) is 10.6. The topological polar surface area (TPSA) is 136 Å². The van der Waals surface area contributed by atoms with E-state index in [2.05, 4.69) is 31.0 Å². The number of furan rings is 2. The third kappa shape index (κ3) is 5.15. The summed E-state index contributed by atoms with van der Waals surface area (Å²) in [6.07, 6.45) is 6.13. The van der Waals surface area contributed by atoms with Crippen LogP contribution in [0.5, 0.6) is 0 Å². The molecule has 0 saturated carbocycles. The molecule has 0 aliphatic heterocycles. The molecule has 2 amide bonds. The number of aromatic nitrogens is 4. The van der Waals surface area contributed by atoms with Crippen LogP contribution in [0.1, 0.15) is 44.0 Å². The van der Waals surface area contributed by atoms with Crippen molar-refractivity contribution in [3.05, 3.63) is 58.3 Å². The van der Waals surface area contributed by atoms with Gasteiger partial charge in [0, 0.05) is 12.8 Å². The molecule has 0 saturated heterocycles. The third-order valence-electron chi connectivity index (χ3n) is 3.90. The number of carbonyl (C=O) groups is 2. The van der Waals surface area contributed by atoms with Crippen molar-refractivity contribution in [3.8, 4) is 0 Å². The molecule has 4 aromatic rings. The first kappa shape index (κ1) is 19.9. The van der Waals surface area contributed by atoms with Crippen LogP contribution in [0.2, 0.25) is 0 Å². The molecule has 0 spiro atoms. The van der Waals surface area contributed by atoms with E-state index >= 15 is 0 Å². The zero-order valence-electron chi connectivity index (χ0n) is 15.5. The van der Waals surface area contributed by atoms with Crippen molar-refractivity contribution in [2.45, 2.75) is 25.7 Å². The Kier molecular flexibility index (Phi) is 6.25. The fraction of sp³-hybridized carbons (Fsp3) is 0.222. The molecule has 0 atom stereocenters. The highest BCUT2D eigenvalue weighted by atomic mass is 32.1. The summed E-state index contributed by atoms with van der Waals surface area (Å²) in [5, 5.41) is 24.0. The lowest BCUT2D eigenvalue weighted by Crippen LogP contribution is -2.10. The van der Waals surface area contributed by atoms with E-state index < -0.39 is 0 Å². The molecule has 0 unspecified atom stereocenters. The number of anilines is 2. The number of hydrogen-bond donors (Lipinski definition) is 2. The summed E-state index contributed by atoms with van der Waals surface area (Å²) < 4.78 is 10.1. The highest BCUT2D eigenvalue weighted by molar-refractivity contribution is 7.15. The van der Waals surface area contributed by atoms with Crippen molar-refractivity contribution in [2.24, 2.45) is 0 Å². The molecule has 10 nitrogen and oxygen atoms in total. The van der Waals surface area contributed by atoms with Gasteiger partial charge in [-0.2, -0.15) is 0 Å². The van der Waals surface area contributed by atoms with Gasteiger partial charge >= 0.3 is 0 Å². The van der Waals surface area contributed by atoms with Gasteiger partial charge in [-0.05, 0) is 37.1 Å². The lowest BCUT2D eigenvalue weighted by Gasteiger charge is -1.97. The standard InChI is InChI=1S/C18H16N6O4S2/c25-15(11-5-3-9-27-11)19-17-23-21-13(29-17)7-1-2-8-14-22-24-18(30-14)20-16(26)12-6-4-10-28-12/h3-6,9-10H,1-2,7-8H2,(H,19,23,25)(H,20,24,26). The molecular formula is C18H16N6O4S2. The Hall–Kier alpha value is -3.38. The van der Waals surface area contributed by atoms with E-state index in [1.54, 1.807) is 24.3 Å². The van der Waals surface area contributed by atoms with Crippen LogP contribution in [0.3, 0.4) is 0 Å². The summed E-state index contributed by atoms with van der Waals surface area (Å²) in [4.78, 5) is 23.9. The summed E-state index contributed by atoms with van der Waals surface area (Å²) >= 11 is 2.67. The average Bonchev–Trinajstić information content (AvgIpc) is 3.54. The van der Waals surface area contributed by atoms with Gasteiger partial charge in [-0.3, -0.25) is 20.2 Å². The van der Waals surface area contributed by atoms with E-state index in [0.717, 1.165) is 35.7 Å². The van der Waals surface area contributed by atoms with Gasteiger partial charge in [-0.25, -0.2) is 0 Å². The summed E-state index contributed by atoms with van der Waals surface area (Å²) in [6.45, 7) is 0. The van der Waals surface area contributed by atoms with Gasteiger partial charge in [0.1, 0.15) is 10.0 Å². The Labute approximate surface area is 178 Å². The first-order valence-electron chi connectivity index (χ1n) is 9.02. The zero-order valence-corrected chi connectivity index (χ0v) is 17.2. The Morgan fingerprint density at radius 3 is 1.63 bits per heavy atom. The third-order valence-corrected chi connectivity index (χ3v) is 5.69. The van der Waals surface area contributed by atoms with E-state index in [-0.39, 0.29) is 23.3 Å². The van der Waals surface area contributed by atoms with Crippen LogP contribution in [0.15, 0.2) is 45.6 Å². The number of hydrogen-bond acceptors (Lipinski definition) is 10. The Bertz CT molecular complexity index is 1020. The summed E-state index contributed by atoms with van der Waals surface area (Å²) in [7, 11) is 0. The maximum absolute atomic E-state index is 11.9. The summed E-state index contributed by atoms with van der Waals surface area (Å²) in [6, 6.07) is 6.46. The minimum absolute atomic E-state index is 0.225. The second-order valence-corrected chi connectivity index (χ2v) is 8.20. The predicted molar refractivity (Wildman–Crippen MR) is 110 cm³/mol. The van der Waals surface area contributed by atoms with Gasteiger partial charge < -0.3 is 8.83 Å². The minimum Gasteiger partial charge on any atom is -0.459 e. The van der Waals surface area contributed by atoms with Gasteiger partial charge in [0.15, 0.2) is 11.5 Å². The fourth-order valence-corrected chi connectivity index (χ4v) is 4.05. The van der Waals surface area contributed by atoms with Crippen LogP contribution in [0.4, 0.5) is 10.3 Å². The maximum atomic E-state index is 11.9. The normalized spacial score (nSPS) is 10.8. The van der Waals surface area contributed by atoms with Crippen LogP contribution in [-0.2, 0) is 12.8 Å². The van der Waals surface area contributed by atoms with Crippen LogP contribution >= 0.6 is 22.7 Å². The maximum Gasteiger partial charge on any atom is 0.293 e. The number of amides is 2. The molecule has 0 fully saturated rings. The number of nitrogens with zero attached hydrogens (tertiary/aromatic N) is 4. The number of aryl methyl sites for hydroxylation is 2. The van der Waals surface area contributed by atoms with Gasteiger partial charge in [-0.1, -0.05) is 22.7 Å². The predicted octanol–water partition coefficient (Wildman–Crippen LogP) is 3.65. The fourth-order valence-electron chi connectivity index (χ4n) is 2.50. The van der Waals surface area contributed by atoms with Gasteiger partial charge in [0.05, 0.1) is 12.5 Å². The Morgan fingerprint density at radius 1 is 0.767 bits per heavy atom. The molecule has 0 aliphatic carbocycles. The molecule has 2 N–H and O–H groups in total. The highest BCUT2D eigenvalue weighted by Crippen LogP contribution is 2.21. The quantitative estimate of drug-likeness (QED) is 0.373. The van der Waals surface area contributed by atoms with Crippen molar-refractivity contribution < 1.29 is 18.4 Å². The van der Waals surface area contributed by atoms with E-state index in [1.807, 2.05) is 0 Å². The van der Waals surface area contributed by atoms with Crippen molar-refractivity contribution in [2.75, 3.05) is 10.6 Å². The highest BCUT2D eigenvalue weighted by Gasteiger charge is 2.13. The largest absolute Gasteiger partial charge is 0.459 e. The van der Waals surface area contributed by atoms with Gasteiger partial charge in [-0.15, -0.1) is 20.4 Å². The van der Waals surface area contributed by atoms with Crippen molar-refractivity contribution in [1.29, 1.82) is 0 Å². The number of unbranched alkanes of at least 4 members (excludes halogenated alkanes) is 1. The molecule has 4 aromatic heterocycles. The van der Waals surface area contributed by atoms with E-state index in [4.69, 9.17) is 8.83 Å². The SMILES string of the molecule is O=C(Nc1nnc(CCCCc2nnc(NC(=O)c3ccco3)s2)s1)c1ccco1. The number of rotatable bonds is 9. The van der Waals surface area contributed by atoms with Crippen molar-refractivity contribution >= 4 is 44.8 Å². The van der Waals surface area contributed by atoms with Crippen LogP contribution in [0.25, 0.3) is 0 Å².